The predicted octanol–water partition coefficient (Wildman–Crippen LogP) is 5.83. The van der Waals surface area contributed by atoms with Gasteiger partial charge in [0.15, 0.2) is 6.10 Å². The quantitative estimate of drug-likeness (QED) is 0.0577. The van der Waals surface area contributed by atoms with Gasteiger partial charge in [0, 0.05) is 57.2 Å². The molecular formula is C43H53NO13. The van der Waals surface area contributed by atoms with Gasteiger partial charge >= 0.3 is 5.97 Å². The van der Waals surface area contributed by atoms with Crippen LogP contribution < -0.4 is 15.2 Å². The first kappa shape index (κ1) is 47.4. The summed E-state index contributed by atoms with van der Waals surface area (Å²) >= 11 is 0. The number of carboxylic acids is 3. The summed E-state index contributed by atoms with van der Waals surface area (Å²) in [5, 5.41) is 32.2. The Hall–Kier alpha value is -5.80. The third-order valence-electron chi connectivity index (χ3n) is 8.01. The fourth-order valence-electron chi connectivity index (χ4n) is 5.90. The molecule has 1 saturated heterocycles. The summed E-state index contributed by atoms with van der Waals surface area (Å²) < 4.78 is 29.1. The number of carboxylic acid groups (broad SMARTS) is 3. The number of esters is 1. The van der Waals surface area contributed by atoms with Crippen molar-refractivity contribution in [3.8, 4) is 11.5 Å². The van der Waals surface area contributed by atoms with E-state index in [1.54, 1.807) is 18.2 Å². The van der Waals surface area contributed by atoms with Gasteiger partial charge in [-0.15, -0.1) is 0 Å². The second-order valence-electron chi connectivity index (χ2n) is 12.4. The zero-order valence-corrected chi connectivity index (χ0v) is 32.6. The summed E-state index contributed by atoms with van der Waals surface area (Å²) in [5.41, 5.74) is 10.5. The van der Waals surface area contributed by atoms with Crippen LogP contribution in [0.4, 0.5) is 0 Å². The van der Waals surface area contributed by atoms with E-state index in [0.29, 0.717) is 56.3 Å². The summed E-state index contributed by atoms with van der Waals surface area (Å²) in [7, 11) is 1.37. The Balaban J connectivity index is 0.000000822. The van der Waals surface area contributed by atoms with Gasteiger partial charge in [0.2, 0.25) is 6.29 Å². The molecule has 57 heavy (non-hydrogen) atoms. The Kier molecular flexibility index (Phi) is 21.7. The maximum atomic E-state index is 13.3. The van der Waals surface area contributed by atoms with Gasteiger partial charge in [-0.05, 0) is 40.8 Å². The third kappa shape index (κ3) is 17.3. The van der Waals surface area contributed by atoms with Gasteiger partial charge in [0.05, 0.1) is 26.9 Å². The van der Waals surface area contributed by atoms with E-state index >= 15 is 0 Å². The van der Waals surface area contributed by atoms with Crippen molar-refractivity contribution in [2.45, 2.75) is 64.4 Å². The number of hydrogen-bond donors (Lipinski definition) is 5. The molecule has 14 nitrogen and oxygen atoms in total. The summed E-state index contributed by atoms with van der Waals surface area (Å²) in [5.74, 6) is -2.26. The van der Waals surface area contributed by atoms with Crippen molar-refractivity contribution < 1.29 is 63.3 Å². The maximum Gasteiger partial charge on any atom is 0.335 e. The number of ether oxygens (including phenoxy) is 5. The standard InChI is InChI=1S/C37H41NO7.3C2H4O2/c1-41-37(40)36-32(18-19-34(45-36)44-33-24-29(17-16-28(33)25-39)43-23-22-42-21-20-38)30-14-8-9-15-31(30)35(26-10-4-2-5-11-26)27-12-6-3-7-13-27;3*1-2(3)4/h2-17,24,32,34-36,39H,18-23,25,38H2,1H3;3*1H3,(H,3,4)/t32-,34+,36-;;;/m0.../s1. The van der Waals surface area contributed by atoms with Crippen LogP contribution in [0.1, 0.15) is 73.3 Å². The van der Waals surface area contributed by atoms with Crippen molar-refractivity contribution in [2.75, 3.05) is 33.5 Å². The zero-order valence-electron chi connectivity index (χ0n) is 32.6. The maximum absolute atomic E-state index is 13.3. The second-order valence-corrected chi connectivity index (χ2v) is 12.4. The number of methoxy groups -OCH3 is 1. The average Bonchev–Trinajstić information content (AvgIpc) is 3.18. The molecule has 0 radical (unpaired) electrons. The van der Waals surface area contributed by atoms with E-state index in [2.05, 4.69) is 36.4 Å². The zero-order chi connectivity index (χ0) is 42.2. The molecule has 4 aromatic carbocycles. The molecule has 1 aliphatic heterocycles. The van der Waals surface area contributed by atoms with Crippen molar-refractivity contribution in [3.05, 3.63) is 131 Å². The Morgan fingerprint density at radius 3 is 1.82 bits per heavy atom. The first-order chi connectivity index (χ1) is 27.3. The van der Waals surface area contributed by atoms with Gasteiger partial charge in [-0.25, -0.2) is 4.79 Å². The molecule has 4 aromatic rings. The number of nitrogens with two attached hydrogens (primary N) is 1. The van der Waals surface area contributed by atoms with Crippen molar-refractivity contribution in [1.29, 1.82) is 0 Å². The van der Waals surface area contributed by atoms with Crippen LogP contribution in [0.2, 0.25) is 0 Å². The monoisotopic (exact) mass is 791 g/mol. The highest BCUT2D eigenvalue weighted by Crippen LogP contribution is 2.42. The summed E-state index contributed by atoms with van der Waals surface area (Å²) in [6.45, 7) is 4.69. The topological polar surface area (TPSA) is 221 Å². The number of carbonyl (C=O) groups is 4. The molecule has 1 fully saturated rings. The minimum atomic E-state index is -0.890. The Bertz CT molecular complexity index is 1720. The lowest BCUT2D eigenvalue weighted by molar-refractivity contribution is -0.188. The smallest absolute Gasteiger partial charge is 0.335 e. The van der Waals surface area contributed by atoms with Gasteiger partial charge in [0.25, 0.3) is 17.9 Å². The first-order valence-electron chi connectivity index (χ1n) is 18.1. The first-order valence-corrected chi connectivity index (χ1v) is 18.1. The van der Waals surface area contributed by atoms with Gasteiger partial charge in [-0.3, -0.25) is 14.4 Å². The van der Waals surface area contributed by atoms with Crippen molar-refractivity contribution in [1.82, 2.24) is 0 Å². The number of benzene rings is 4. The molecule has 0 unspecified atom stereocenters. The number of rotatable bonds is 14. The van der Waals surface area contributed by atoms with Gasteiger partial charge in [0.1, 0.15) is 18.1 Å². The van der Waals surface area contributed by atoms with Gasteiger partial charge in [-0.1, -0.05) is 84.9 Å². The molecule has 1 heterocycles. The molecule has 0 bridgehead atoms. The molecule has 0 saturated carbocycles. The van der Waals surface area contributed by atoms with Crippen LogP contribution in [0.25, 0.3) is 0 Å². The lowest BCUT2D eigenvalue weighted by atomic mass is 9.77. The normalized spacial score (nSPS) is 15.5. The van der Waals surface area contributed by atoms with E-state index in [1.165, 1.54) is 7.11 Å². The van der Waals surface area contributed by atoms with Gasteiger partial charge < -0.3 is 49.8 Å². The van der Waals surface area contributed by atoms with Crippen molar-refractivity contribution >= 4 is 23.9 Å². The van der Waals surface area contributed by atoms with E-state index in [4.69, 9.17) is 59.1 Å². The van der Waals surface area contributed by atoms with E-state index in [1.807, 2.05) is 48.5 Å². The molecule has 3 atom stereocenters. The number of hydrogen-bond acceptors (Lipinski definition) is 11. The molecular weight excluding hydrogens is 738 g/mol. The third-order valence-corrected chi connectivity index (χ3v) is 8.01. The van der Waals surface area contributed by atoms with E-state index in [0.717, 1.165) is 43.0 Å². The minimum Gasteiger partial charge on any atom is -0.491 e. The van der Waals surface area contributed by atoms with E-state index < -0.39 is 36.3 Å². The average molecular weight is 792 g/mol. The van der Waals surface area contributed by atoms with Gasteiger partial charge in [-0.2, -0.15) is 0 Å². The molecule has 0 amide bonds. The summed E-state index contributed by atoms with van der Waals surface area (Å²) in [6.07, 6.45) is -0.471. The number of aliphatic carboxylic acids is 3. The highest BCUT2D eigenvalue weighted by Gasteiger charge is 2.40. The summed E-state index contributed by atoms with van der Waals surface area (Å²) in [6, 6.07) is 34.3. The molecule has 0 spiro atoms. The molecule has 6 N–H and O–H groups in total. The van der Waals surface area contributed by atoms with Crippen LogP contribution in [0.3, 0.4) is 0 Å². The lowest BCUT2D eigenvalue weighted by Gasteiger charge is -2.37. The van der Waals surface area contributed by atoms with Crippen LogP contribution in [0, 0.1) is 0 Å². The lowest BCUT2D eigenvalue weighted by Crippen LogP contribution is -2.42. The van der Waals surface area contributed by atoms with Crippen LogP contribution in [-0.4, -0.2) is 90.2 Å². The Morgan fingerprint density at radius 1 is 0.754 bits per heavy atom. The fourth-order valence-corrected chi connectivity index (χ4v) is 5.90. The number of aliphatic hydroxyl groups excluding tert-OH is 1. The SMILES string of the molecule is CC(=O)O.CC(=O)O.CC(=O)O.COC(=O)[C@H]1O[C@@H](Oc2cc(OCCOCCN)ccc2CO)CC[C@H]1c1ccccc1C(c1ccccc1)c1ccccc1. The van der Waals surface area contributed by atoms with Crippen LogP contribution in [0.15, 0.2) is 103 Å². The second kappa shape index (κ2) is 26.1. The molecule has 0 aromatic heterocycles. The number of carbonyl (C=O) groups excluding carboxylic acids is 1. The van der Waals surface area contributed by atoms with E-state index in [-0.39, 0.29) is 18.4 Å². The predicted molar refractivity (Wildman–Crippen MR) is 211 cm³/mol. The number of aliphatic hydroxyl groups is 1. The molecule has 308 valence electrons. The highest BCUT2D eigenvalue weighted by atomic mass is 16.7. The fraction of sp³-hybridized carbons (Fsp3) is 0.349. The van der Waals surface area contributed by atoms with Crippen LogP contribution in [0.5, 0.6) is 11.5 Å². The van der Waals surface area contributed by atoms with E-state index in [9.17, 15) is 9.90 Å². The molecule has 14 heteroatoms. The summed E-state index contributed by atoms with van der Waals surface area (Å²) in [4.78, 5) is 40.3. The van der Waals surface area contributed by atoms with Crippen LogP contribution >= 0.6 is 0 Å². The van der Waals surface area contributed by atoms with Crippen molar-refractivity contribution in [2.24, 2.45) is 5.73 Å². The molecule has 0 aliphatic carbocycles. The largest absolute Gasteiger partial charge is 0.491 e. The van der Waals surface area contributed by atoms with Crippen molar-refractivity contribution in [3.63, 3.8) is 0 Å². The Labute approximate surface area is 332 Å². The van der Waals surface area contributed by atoms with Crippen LogP contribution in [-0.2, 0) is 40.0 Å². The Morgan fingerprint density at radius 2 is 1.30 bits per heavy atom. The highest BCUT2D eigenvalue weighted by molar-refractivity contribution is 5.76. The molecule has 1 aliphatic rings. The minimum absolute atomic E-state index is 0.0357. The molecule has 5 rings (SSSR count).